The number of ether oxygens (including phenoxy) is 1. The summed E-state index contributed by atoms with van der Waals surface area (Å²) in [6.45, 7) is 0.416. The third-order valence-electron chi connectivity index (χ3n) is 2.51. The molecule has 0 saturated heterocycles. The quantitative estimate of drug-likeness (QED) is 0.909. The number of pyridine rings is 1. The molecule has 88 valence electrons. The van der Waals surface area contributed by atoms with Crippen LogP contribution in [0.1, 0.15) is 5.56 Å². The first-order chi connectivity index (χ1) is 8.24. The summed E-state index contributed by atoms with van der Waals surface area (Å²) < 4.78 is 5.18. The van der Waals surface area contributed by atoms with E-state index in [0.29, 0.717) is 17.3 Å². The topological polar surface area (TPSA) is 48.1 Å². The van der Waals surface area contributed by atoms with Gasteiger partial charge < -0.3 is 10.5 Å². The van der Waals surface area contributed by atoms with Gasteiger partial charge in [0, 0.05) is 22.7 Å². The number of rotatable bonds is 3. The lowest BCUT2D eigenvalue weighted by Gasteiger charge is -2.08. The zero-order valence-corrected chi connectivity index (χ0v) is 10.2. The van der Waals surface area contributed by atoms with Gasteiger partial charge in [-0.3, -0.25) is 4.98 Å². The van der Waals surface area contributed by atoms with Crippen LogP contribution in [0.25, 0.3) is 11.3 Å². The molecule has 0 unspecified atom stereocenters. The summed E-state index contributed by atoms with van der Waals surface area (Å²) in [6, 6.07) is 9.48. The summed E-state index contributed by atoms with van der Waals surface area (Å²) >= 11 is 5.95. The highest BCUT2D eigenvalue weighted by Gasteiger charge is 2.06. The molecule has 2 rings (SSSR count). The molecule has 0 spiro atoms. The van der Waals surface area contributed by atoms with E-state index < -0.39 is 0 Å². The molecule has 1 aromatic heterocycles. The zero-order valence-electron chi connectivity index (χ0n) is 9.48. The van der Waals surface area contributed by atoms with Crippen molar-refractivity contribution in [1.82, 2.24) is 4.98 Å². The Balaban J connectivity index is 2.46. The minimum absolute atomic E-state index is 0.416. The maximum Gasteiger partial charge on any atom is 0.141 e. The summed E-state index contributed by atoms with van der Waals surface area (Å²) in [5.74, 6) is 0.707. The third kappa shape index (κ3) is 2.57. The molecule has 1 aromatic carbocycles. The van der Waals surface area contributed by atoms with Crippen molar-refractivity contribution < 1.29 is 4.74 Å². The van der Waals surface area contributed by atoms with Crippen LogP contribution in [0.2, 0.25) is 5.02 Å². The van der Waals surface area contributed by atoms with Gasteiger partial charge in [-0.1, -0.05) is 23.7 Å². The van der Waals surface area contributed by atoms with Gasteiger partial charge in [-0.2, -0.15) is 0 Å². The number of hydrogen-bond donors (Lipinski definition) is 1. The van der Waals surface area contributed by atoms with E-state index in [-0.39, 0.29) is 0 Å². The maximum absolute atomic E-state index is 5.95. The van der Waals surface area contributed by atoms with Gasteiger partial charge in [0.15, 0.2) is 0 Å². The second-order valence-electron chi connectivity index (χ2n) is 3.60. The van der Waals surface area contributed by atoms with Crippen LogP contribution in [0.3, 0.4) is 0 Å². The number of nitrogens with two attached hydrogens (primary N) is 1. The monoisotopic (exact) mass is 248 g/mol. The largest absolute Gasteiger partial charge is 0.495 e. The Morgan fingerprint density at radius 1 is 1.35 bits per heavy atom. The second kappa shape index (κ2) is 5.17. The summed E-state index contributed by atoms with van der Waals surface area (Å²) in [4.78, 5) is 4.33. The Labute approximate surface area is 105 Å². The number of benzene rings is 1. The highest BCUT2D eigenvalue weighted by atomic mass is 35.5. The van der Waals surface area contributed by atoms with Gasteiger partial charge in [0.25, 0.3) is 0 Å². The Kier molecular flexibility index (Phi) is 3.61. The lowest BCUT2D eigenvalue weighted by atomic mass is 10.1. The van der Waals surface area contributed by atoms with Crippen molar-refractivity contribution in [1.29, 1.82) is 0 Å². The average Bonchev–Trinajstić information content (AvgIpc) is 2.38. The molecule has 2 N–H and O–H groups in total. The van der Waals surface area contributed by atoms with Crippen LogP contribution in [0.4, 0.5) is 0 Å². The van der Waals surface area contributed by atoms with E-state index in [1.807, 2.05) is 30.3 Å². The van der Waals surface area contributed by atoms with Crippen LogP contribution in [0, 0.1) is 0 Å². The van der Waals surface area contributed by atoms with Crippen molar-refractivity contribution >= 4 is 11.6 Å². The molecule has 1 heterocycles. The first kappa shape index (κ1) is 11.9. The smallest absolute Gasteiger partial charge is 0.141 e. The van der Waals surface area contributed by atoms with Gasteiger partial charge >= 0.3 is 0 Å². The SMILES string of the molecule is COc1cnc(-c2cccc(Cl)c2)cc1CN. The molecule has 17 heavy (non-hydrogen) atoms. The minimum atomic E-state index is 0.416. The molecule has 0 saturated carbocycles. The number of hydrogen-bond acceptors (Lipinski definition) is 3. The average molecular weight is 249 g/mol. The molecule has 4 heteroatoms. The van der Waals surface area contributed by atoms with E-state index in [9.17, 15) is 0 Å². The van der Waals surface area contributed by atoms with Crippen LogP contribution < -0.4 is 10.5 Å². The lowest BCUT2D eigenvalue weighted by molar-refractivity contribution is 0.408. The van der Waals surface area contributed by atoms with Crippen LogP contribution in [-0.2, 0) is 6.54 Å². The van der Waals surface area contributed by atoms with Crippen LogP contribution in [0.15, 0.2) is 36.5 Å². The van der Waals surface area contributed by atoms with Gasteiger partial charge in [0.2, 0.25) is 0 Å². The van der Waals surface area contributed by atoms with E-state index in [1.54, 1.807) is 13.3 Å². The summed E-state index contributed by atoms with van der Waals surface area (Å²) in [6.07, 6.45) is 1.68. The predicted octanol–water partition coefficient (Wildman–Crippen LogP) is 2.87. The van der Waals surface area contributed by atoms with Crippen molar-refractivity contribution in [3.63, 3.8) is 0 Å². The molecule has 0 fully saturated rings. The van der Waals surface area contributed by atoms with Crippen molar-refractivity contribution in [2.45, 2.75) is 6.54 Å². The van der Waals surface area contributed by atoms with Crippen LogP contribution in [0.5, 0.6) is 5.75 Å². The maximum atomic E-state index is 5.95. The first-order valence-electron chi connectivity index (χ1n) is 5.23. The molecule has 0 radical (unpaired) electrons. The van der Waals surface area contributed by atoms with E-state index in [0.717, 1.165) is 16.8 Å². The molecule has 3 nitrogen and oxygen atoms in total. The normalized spacial score (nSPS) is 10.3. The fraction of sp³-hybridized carbons (Fsp3) is 0.154. The second-order valence-corrected chi connectivity index (χ2v) is 4.03. The predicted molar refractivity (Wildman–Crippen MR) is 69.1 cm³/mol. The minimum Gasteiger partial charge on any atom is -0.495 e. The van der Waals surface area contributed by atoms with Gasteiger partial charge in [-0.25, -0.2) is 0 Å². The van der Waals surface area contributed by atoms with Crippen molar-refractivity contribution in [3.05, 3.63) is 47.1 Å². The van der Waals surface area contributed by atoms with E-state index in [2.05, 4.69) is 4.98 Å². The Morgan fingerprint density at radius 2 is 2.18 bits per heavy atom. The van der Waals surface area contributed by atoms with Gasteiger partial charge in [-0.15, -0.1) is 0 Å². The molecule has 2 aromatic rings. The molecule has 0 aliphatic heterocycles. The molecule has 0 aliphatic rings. The number of halogens is 1. The standard InChI is InChI=1S/C13H13ClN2O/c1-17-13-8-16-12(6-10(13)7-15)9-3-2-4-11(14)5-9/h2-6,8H,7,15H2,1H3. The Hall–Kier alpha value is -1.58. The fourth-order valence-corrected chi connectivity index (χ4v) is 1.82. The highest BCUT2D eigenvalue weighted by molar-refractivity contribution is 6.30. The van der Waals surface area contributed by atoms with Gasteiger partial charge in [-0.05, 0) is 18.2 Å². The molecular weight excluding hydrogens is 236 g/mol. The highest BCUT2D eigenvalue weighted by Crippen LogP contribution is 2.25. The fourth-order valence-electron chi connectivity index (χ4n) is 1.63. The van der Waals surface area contributed by atoms with E-state index in [4.69, 9.17) is 22.1 Å². The van der Waals surface area contributed by atoms with Crippen LogP contribution in [-0.4, -0.2) is 12.1 Å². The number of aromatic nitrogens is 1. The zero-order chi connectivity index (χ0) is 12.3. The number of nitrogens with zero attached hydrogens (tertiary/aromatic N) is 1. The van der Waals surface area contributed by atoms with Crippen molar-refractivity contribution in [3.8, 4) is 17.0 Å². The van der Waals surface area contributed by atoms with E-state index in [1.165, 1.54) is 0 Å². The summed E-state index contributed by atoms with van der Waals surface area (Å²) in [5.41, 5.74) is 8.41. The van der Waals surface area contributed by atoms with Gasteiger partial charge in [0.05, 0.1) is 19.0 Å². The molecular formula is C13H13ClN2O. The molecule has 0 atom stereocenters. The molecule has 0 amide bonds. The Morgan fingerprint density at radius 3 is 2.82 bits per heavy atom. The van der Waals surface area contributed by atoms with E-state index >= 15 is 0 Å². The van der Waals surface area contributed by atoms with Crippen molar-refractivity contribution in [2.75, 3.05) is 7.11 Å². The summed E-state index contributed by atoms with van der Waals surface area (Å²) in [7, 11) is 1.61. The van der Waals surface area contributed by atoms with Gasteiger partial charge in [0.1, 0.15) is 5.75 Å². The first-order valence-corrected chi connectivity index (χ1v) is 5.61. The number of methoxy groups -OCH3 is 1. The summed E-state index contributed by atoms with van der Waals surface area (Å²) in [5, 5.41) is 0.689. The molecule has 0 bridgehead atoms. The molecule has 0 aliphatic carbocycles. The van der Waals surface area contributed by atoms with Crippen LogP contribution >= 0.6 is 11.6 Å². The Bertz CT molecular complexity index is 529. The lowest BCUT2D eigenvalue weighted by Crippen LogP contribution is -2.01. The third-order valence-corrected chi connectivity index (χ3v) is 2.74. The van der Waals surface area contributed by atoms with Crippen molar-refractivity contribution in [2.24, 2.45) is 5.73 Å².